The van der Waals surface area contributed by atoms with Crippen LogP contribution in [0.3, 0.4) is 0 Å². The van der Waals surface area contributed by atoms with Crippen LogP contribution >= 0.6 is 0 Å². The van der Waals surface area contributed by atoms with Crippen LogP contribution in [0.15, 0.2) is 36.5 Å². The van der Waals surface area contributed by atoms with E-state index in [1.54, 1.807) is 0 Å². The number of amides is 1. The highest BCUT2D eigenvalue weighted by molar-refractivity contribution is 5.81. The highest BCUT2D eigenvalue weighted by atomic mass is 16.5. The zero-order chi connectivity index (χ0) is 17.8. The van der Waals surface area contributed by atoms with Crippen molar-refractivity contribution >= 4 is 16.8 Å². The van der Waals surface area contributed by atoms with E-state index in [-0.39, 0.29) is 0 Å². The fourth-order valence-electron chi connectivity index (χ4n) is 4.43. The minimum absolute atomic E-state index is 0.348. The number of ether oxygens (including phenoxy) is 1. The summed E-state index contributed by atoms with van der Waals surface area (Å²) in [4.78, 5) is 19.3. The second-order valence-corrected chi connectivity index (χ2v) is 7.80. The van der Waals surface area contributed by atoms with Gasteiger partial charge in [0.1, 0.15) is 0 Å². The van der Waals surface area contributed by atoms with Crippen molar-refractivity contribution in [3.8, 4) is 0 Å². The average Bonchev–Trinajstić information content (AvgIpc) is 2.69. The van der Waals surface area contributed by atoms with Gasteiger partial charge in [-0.3, -0.25) is 9.78 Å². The summed E-state index contributed by atoms with van der Waals surface area (Å²) in [5.74, 6) is 1.41. The zero-order valence-electron chi connectivity index (χ0n) is 15.4. The predicted molar refractivity (Wildman–Crippen MR) is 103 cm³/mol. The highest BCUT2D eigenvalue weighted by Crippen LogP contribution is 2.26. The van der Waals surface area contributed by atoms with Crippen LogP contribution in [0.1, 0.15) is 37.7 Å². The predicted octanol–water partition coefficient (Wildman–Crippen LogP) is 3.83. The van der Waals surface area contributed by atoms with Crippen LogP contribution in [0, 0.1) is 11.8 Å². The summed E-state index contributed by atoms with van der Waals surface area (Å²) in [6.45, 7) is 3.46. The molecule has 1 atom stereocenters. The molecule has 2 aliphatic rings. The molecule has 138 valence electrons. The third-order valence-corrected chi connectivity index (χ3v) is 5.92. The number of carbonyl (C=O) groups is 1. The number of likely N-dealkylation sites (tertiary alicyclic amines) is 1. The Hall–Kier alpha value is -1.94. The fourth-order valence-corrected chi connectivity index (χ4v) is 4.43. The summed E-state index contributed by atoms with van der Waals surface area (Å²) >= 11 is 0. The Morgan fingerprint density at radius 1 is 1.12 bits per heavy atom. The summed E-state index contributed by atoms with van der Waals surface area (Å²) < 4.78 is 5.42. The van der Waals surface area contributed by atoms with E-state index >= 15 is 0 Å². The molecule has 26 heavy (non-hydrogen) atoms. The molecule has 1 aromatic heterocycles. The molecule has 2 fully saturated rings. The Bertz CT molecular complexity index is 749. The molecular formula is C22H28N2O2. The molecule has 0 N–H and O–H groups in total. The maximum atomic E-state index is 12.8. The Kier molecular flexibility index (Phi) is 5.49. The van der Waals surface area contributed by atoms with Crippen molar-refractivity contribution in [1.82, 2.24) is 9.88 Å². The number of para-hydroxylation sites is 1. The van der Waals surface area contributed by atoms with Crippen molar-refractivity contribution in [2.45, 2.75) is 38.5 Å². The van der Waals surface area contributed by atoms with Gasteiger partial charge in [0, 0.05) is 44.3 Å². The first-order valence-corrected chi connectivity index (χ1v) is 9.98. The number of carbonyl (C=O) groups excluding carboxylic acids is 1. The van der Waals surface area contributed by atoms with Gasteiger partial charge in [0.15, 0.2) is 0 Å². The SMILES string of the molecule is O=C(CC1CCOCC1)N1CCCC(Cc2ccnc3ccccc23)C1. The molecule has 3 heterocycles. The van der Waals surface area contributed by atoms with Gasteiger partial charge in [0.25, 0.3) is 0 Å². The first-order chi connectivity index (χ1) is 12.8. The number of aromatic nitrogens is 1. The maximum absolute atomic E-state index is 12.8. The number of pyridine rings is 1. The molecule has 4 rings (SSSR count). The van der Waals surface area contributed by atoms with Crippen LogP contribution in [0.2, 0.25) is 0 Å². The number of fused-ring (bicyclic) bond motifs is 1. The standard InChI is InChI=1S/C22H28N2O2/c25-22(15-17-8-12-26-13-9-17)24-11-3-4-18(16-24)14-19-7-10-23-21-6-2-1-5-20(19)21/h1-2,5-7,10,17-18H,3-4,8-9,11-16H2. The van der Waals surface area contributed by atoms with Crippen molar-refractivity contribution in [2.75, 3.05) is 26.3 Å². The quantitative estimate of drug-likeness (QED) is 0.840. The van der Waals surface area contributed by atoms with Crippen molar-refractivity contribution in [3.05, 3.63) is 42.1 Å². The molecule has 4 heteroatoms. The molecule has 0 spiro atoms. The van der Waals surface area contributed by atoms with Gasteiger partial charge in [-0.2, -0.15) is 0 Å². The van der Waals surface area contributed by atoms with Gasteiger partial charge in [0.2, 0.25) is 5.91 Å². The number of piperidine rings is 1. The van der Waals surface area contributed by atoms with Crippen LogP contribution in [0.4, 0.5) is 0 Å². The first-order valence-electron chi connectivity index (χ1n) is 9.98. The second-order valence-electron chi connectivity index (χ2n) is 7.80. The van der Waals surface area contributed by atoms with E-state index in [1.807, 2.05) is 12.3 Å². The number of hydrogen-bond donors (Lipinski definition) is 0. The van der Waals surface area contributed by atoms with Gasteiger partial charge in [-0.1, -0.05) is 18.2 Å². The highest BCUT2D eigenvalue weighted by Gasteiger charge is 2.26. The largest absolute Gasteiger partial charge is 0.381 e. The summed E-state index contributed by atoms with van der Waals surface area (Å²) in [6.07, 6.45) is 8.04. The fraction of sp³-hybridized carbons (Fsp3) is 0.545. The second kappa shape index (κ2) is 8.17. The van der Waals surface area contributed by atoms with Crippen molar-refractivity contribution in [1.29, 1.82) is 0 Å². The van der Waals surface area contributed by atoms with E-state index in [2.05, 4.69) is 34.1 Å². The van der Waals surface area contributed by atoms with Crippen molar-refractivity contribution < 1.29 is 9.53 Å². The molecular weight excluding hydrogens is 324 g/mol. The molecule has 1 amide bonds. The monoisotopic (exact) mass is 352 g/mol. The number of hydrogen-bond acceptors (Lipinski definition) is 3. The Morgan fingerprint density at radius 3 is 2.85 bits per heavy atom. The van der Waals surface area contributed by atoms with Crippen molar-refractivity contribution in [2.24, 2.45) is 11.8 Å². The summed E-state index contributed by atoms with van der Waals surface area (Å²) in [7, 11) is 0. The van der Waals surface area contributed by atoms with Crippen LogP contribution < -0.4 is 0 Å². The van der Waals surface area contributed by atoms with E-state index in [9.17, 15) is 4.79 Å². The van der Waals surface area contributed by atoms with Crippen LogP contribution in [0.25, 0.3) is 10.9 Å². The molecule has 0 saturated carbocycles. The zero-order valence-corrected chi connectivity index (χ0v) is 15.4. The molecule has 2 saturated heterocycles. The number of benzene rings is 1. The lowest BCUT2D eigenvalue weighted by atomic mass is 9.89. The van der Waals surface area contributed by atoms with Crippen molar-refractivity contribution in [3.63, 3.8) is 0 Å². The van der Waals surface area contributed by atoms with Crippen LogP contribution in [-0.2, 0) is 16.0 Å². The Balaban J connectivity index is 1.39. The lowest BCUT2D eigenvalue weighted by molar-refractivity contribution is -0.134. The minimum atomic E-state index is 0.348. The van der Waals surface area contributed by atoms with Gasteiger partial charge in [0.05, 0.1) is 5.52 Å². The van der Waals surface area contributed by atoms with Crippen LogP contribution in [-0.4, -0.2) is 42.1 Å². The topological polar surface area (TPSA) is 42.4 Å². The Morgan fingerprint density at radius 2 is 1.96 bits per heavy atom. The van der Waals surface area contributed by atoms with E-state index < -0.39 is 0 Å². The van der Waals surface area contributed by atoms with Crippen LogP contribution in [0.5, 0.6) is 0 Å². The summed E-state index contributed by atoms with van der Waals surface area (Å²) in [5.41, 5.74) is 2.42. The molecule has 1 unspecified atom stereocenters. The lowest BCUT2D eigenvalue weighted by Crippen LogP contribution is -2.41. The molecule has 4 nitrogen and oxygen atoms in total. The van der Waals surface area contributed by atoms with Gasteiger partial charge >= 0.3 is 0 Å². The van der Waals surface area contributed by atoms with Gasteiger partial charge in [-0.25, -0.2) is 0 Å². The van der Waals surface area contributed by atoms with Gasteiger partial charge in [-0.05, 0) is 61.6 Å². The third-order valence-electron chi connectivity index (χ3n) is 5.92. The lowest BCUT2D eigenvalue weighted by Gasteiger charge is -2.34. The van der Waals surface area contributed by atoms with Gasteiger partial charge in [-0.15, -0.1) is 0 Å². The molecule has 2 aromatic rings. The third kappa shape index (κ3) is 4.07. The average molecular weight is 352 g/mol. The smallest absolute Gasteiger partial charge is 0.222 e. The number of nitrogens with zero attached hydrogens (tertiary/aromatic N) is 2. The molecule has 0 bridgehead atoms. The molecule has 0 aliphatic carbocycles. The molecule has 2 aliphatic heterocycles. The summed E-state index contributed by atoms with van der Waals surface area (Å²) in [6, 6.07) is 10.5. The molecule has 1 aromatic carbocycles. The maximum Gasteiger partial charge on any atom is 0.222 e. The van der Waals surface area contributed by atoms with E-state index in [0.717, 1.165) is 57.5 Å². The number of rotatable bonds is 4. The van der Waals surface area contributed by atoms with Gasteiger partial charge < -0.3 is 9.64 Å². The molecule has 0 radical (unpaired) electrons. The first kappa shape index (κ1) is 17.5. The Labute approximate surface area is 155 Å². The van der Waals surface area contributed by atoms with E-state index in [0.29, 0.717) is 24.2 Å². The minimum Gasteiger partial charge on any atom is -0.381 e. The van der Waals surface area contributed by atoms with E-state index in [4.69, 9.17) is 4.74 Å². The normalized spacial score (nSPS) is 21.8. The van der Waals surface area contributed by atoms with E-state index in [1.165, 1.54) is 17.4 Å². The summed E-state index contributed by atoms with van der Waals surface area (Å²) in [5, 5.41) is 1.25.